The maximum Gasteiger partial charge on any atom is 0.340 e. The van der Waals surface area contributed by atoms with E-state index in [1.807, 2.05) is 12.1 Å². The molecule has 98 valence electrons. The maximum atomic E-state index is 11.8. The van der Waals surface area contributed by atoms with E-state index in [2.05, 4.69) is 9.72 Å². The molecule has 0 unspecified atom stereocenters. The Bertz CT molecular complexity index is 764. The zero-order chi connectivity index (χ0) is 14.7. The van der Waals surface area contributed by atoms with Crippen molar-refractivity contribution in [1.29, 1.82) is 10.5 Å². The molecule has 0 atom stereocenters. The zero-order valence-corrected chi connectivity index (χ0v) is 10.5. The molecule has 0 radical (unpaired) electrons. The summed E-state index contributed by atoms with van der Waals surface area (Å²) < 4.78 is 6.04. The summed E-state index contributed by atoms with van der Waals surface area (Å²) in [4.78, 5) is 15.6. The molecule has 0 fully saturated rings. The van der Waals surface area contributed by atoms with Crippen LogP contribution in [0.1, 0.15) is 21.7 Å². The van der Waals surface area contributed by atoms with Crippen molar-refractivity contribution in [2.24, 2.45) is 0 Å². The van der Waals surface area contributed by atoms with Gasteiger partial charge in [-0.1, -0.05) is 0 Å². The van der Waals surface area contributed by atoms with E-state index < -0.39 is 5.97 Å². The van der Waals surface area contributed by atoms with Crippen molar-refractivity contribution >= 4 is 11.7 Å². The lowest BCUT2D eigenvalue weighted by Crippen LogP contribution is -2.09. The average Bonchev–Trinajstić information content (AvgIpc) is 2.88. The molecule has 2 aromatic rings. The highest BCUT2D eigenvalue weighted by molar-refractivity contribution is 5.94. The highest BCUT2D eigenvalue weighted by Crippen LogP contribution is 2.21. The second-order valence-corrected chi connectivity index (χ2v) is 3.80. The van der Waals surface area contributed by atoms with Gasteiger partial charge in [0.1, 0.15) is 18.5 Å². The highest BCUT2D eigenvalue weighted by atomic mass is 16.5. The first-order chi connectivity index (χ1) is 9.62. The number of nitriles is 2. The molecule has 0 saturated carbocycles. The third-order valence-corrected chi connectivity index (χ3v) is 2.66. The van der Waals surface area contributed by atoms with Gasteiger partial charge in [0.25, 0.3) is 0 Å². The summed E-state index contributed by atoms with van der Waals surface area (Å²) in [5.41, 5.74) is 6.62. The third-order valence-electron chi connectivity index (χ3n) is 2.66. The zero-order valence-electron chi connectivity index (χ0n) is 10.5. The molecule has 7 nitrogen and oxygen atoms in total. The van der Waals surface area contributed by atoms with E-state index >= 15 is 0 Å². The van der Waals surface area contributed by atoms with E-state index in [-0.39, 0.29) is 17.0 Å². The fourth-order valence-electron chi connectivity index (χ4n) is 1.76. The number of imidazole rings is 1. The van der Waals surface area contributed by atoms with Crippen molar-refractivity contribution in [2.45, 2.75) is 0 Å². The monoisotopic (exact) mass is 267 g/mol. The van der Waals surface area contributed by atoms with Crippen LogP contribution in [-0.4, -0.2) is 22.6 Å². The number of benzene rings is 1. The average molecular weight is 267 g/mol. The summed E-state index contributed by atoms with van der Waals surface area (Å²) in [5.74, 6) is -0.594. The number of carbonyl (C=O) groups is 1. The Hall–Kier alpha value is -3.32. The first kappa shape index (κ1) is 13.1. The molecule has 2 rings (SSSR count). The summed E-state index contributed by atoms with van der Waals surface area (Å²) in [5, 5.41) is 18.0. The smallest absolute Gasteiger partial charge is 0.340 e. The van der Waals surface area contributed by atoms with Gasteiger partial charge in [0.05, 0.1) is 18.4 Å². The standard InChI is InChI=1S/C13H9N5O2/c1-20-13(19)9-4-8(16)2-3-11(9)18-7-17-10(5-14)12(18)6-15/h2-4,7H,16H2,1H3. The van der Waals surface area contributed by atoms with Crippen LogP contribution in [0.4, 0.5) is 5.69 Å². The molecule has 1 aromatic carbocycles. The second-order valence-electron chi connectivity index (χ2n) is 3.80. The number of carbonyl (C=O) groups excluding carboxylic acids is 1. The molecule has 0 amide bonds. The van der Waals surface area contributed by atoms with Gasteiger partial charge in [-0.25, -0.2) is 9.78 Å². The lowest BCUT2D eigenvalue weighted by Gasteiger charge is -2.10. The normalized spacial score (nSPS) is 9.55. The molecule has 0 bridgehead atoms. The first-order valence-corrected chi connectivity index (χ1v) is 5.48. The van der Waals surface area contributed by atoms with Crippen molar-refractivity contribution in [1.82, 2.24) is 9.55 Å². The fourth-order valence-corrected chi connectivity index (χ4v) is 1.76. The van der Waals surface area contributed by atoms with Crippen LogP contribution in [0.2, 0.25) is 0 Å². The van der Waals surface area contributed by atoms with Crippen molar-refractivity contribution < 1.29 is 9.53 Å². The summed E-state index contributed by atoms with van der Waals surface area (Å²) in [7, 11) is 1.25. The first-order valence-electron chi connectivity index (χ1n) is 5.48. The molecular formula is C13H9N5O2. The Morgan fingerprint density at radius 3 is 2.75 bits per heavy atom. The number of methoxy groups -OCH3 is 1. The van der Waals surface area contributed by atoms with Crippen LogP contribution in [0, 0.1) is 22.7 Å². The molecule has 7 heteroatoms. The molecule has 0 aliphatic carbocycles. The molecule has 1 heterocycles. The Balaban J connectivity index is 2.71. The quantitative estimate of drug-likeness (QED) is 0.640. The van der Waals surface area contributed by atoms with Gasteiger partial charge in [-0.05, 0) is 18.2 Å². The van der Waals surface area contributed by atoms with Crippen LogP contribution in [0.25, 0.3) is 5.69 Å². The van der Waals surface area contributed by atoms with Crippen LogP contribution in [0.5, 0.6) is 0 Å². The number of hydrogen-bond acceptors (Lipinski definition) is 6. The summed E-state index contributed by atoms with van der Waals surface area (Å²) >= 11 is 0. The van der Waals surface area contributed by atoms with Gasteiger partial charge in [0, 0.05) is 5.69 Å². The van der Waals surface area contributed by atoms with E-state index in [0.29, 0.717) is 11.4 Å². The predicted octanol–water partition coefficient (Wildman–Crippen LogP) is 0.984. The molecular weight excluding hydrogens is 258 g/mol. The van der Waals surface area contributed by atoms with Gasteiger partial charge >= 0.3 is 5.97 Å². The Morgan fingerprint density at radius 1 is 1.40 bits per heavy atom. The number of esters is 1. The van der Waals surface area contributed by atoms with Crippen molar-refractivity contribution in [2.75, 3.05) is 12.8 Å². The lowest BCUT2D eigenvalue weighted by molar-refractivity contribution is 0.0601. The minimum absolute atomic E-state index is 0.0138. The van der Waals surface area contributed by atoms with Gasteiger partial charge < -0.3 is 10.5 Å². The molecule has 0 spiro atoms. The van der Waals surface area contributed by atoms with Crippen molar-refractivity contribution in [3.8, 4) is 17.8 Å². The minimum Gasteiger partial charge on any atom is -0.465 e. The Kier molecular flexibility index (Phi) is 3.36. The highest BCUT2D eigenvalue weighted by Gasteiger charge is 2.18. The lowest BCUT2D eigenvalue weighted by atomic mass is 10.1. The number of nitrogens with two attached hydrogens (primary N) is 1. The van der Waals surface area contributed by atoms with Crippen LogP contribution in [0.3, 0.4) is 0 Å². The molecule has 1 aromatic heterocycles. The van der Waals surface area contributed by atoms with E-state index in [4.69, 9.17) is 16.3 Å². The van der Waals surface area contributed by atoms with E-state index in [1.165, 1.54) is 24.1 Å². The molecule has 2 N–H and O–H groups in total. The Labute approximate surface area is 114 Å². The molecule has 20 heavy (non-hydrogen) atoms. The number of ether oxygens (including phenoxy) is 1. The van der Waals surface area contributed by atoms with E-state index in [0.717, 1.165) is 0 Å². The van der Waals surface area contributed by atoms with Crippen LogP contribution >= 0.6 is 0 Å². The number of hydrogen-bond donors (Lipinski definition) is 1. The van der Waals surface area contributed by atoms with Gasteiger partial charge in [-0.3, -0.25) is 4.57 Å². The molecule has 0 aliphatic heterocycles. The minimum atomic E-state index is -0.594. The fraction of sp³-hybridized carbons (Fsp3) is 0.0769. The molecule has 0 aliphatic rings. The molecule has 0 saturated heterocycles. The topological polar surface area (TPSA) is 118 Å². The van der Waals surface area contributed by atoms with Crippen LogP contribution in [-0.2, 0) is 4.74 Å². The predicted molar refractivity (Wildman–Crippen MR) is 68.7 cm³/mol. The SMILES string of the molecule is COC(=O)c1cc(N)ccc1-n1cnc(C#N)c1C#N. The van der Waals surface area contributed by atoms with Crippen molar-refractivity contribution in [3.63, 3.8) is 0 Å². The second kappa shape index (κ2) is 5.12. The summed E-state index contributed by atoms with van der Waals surface area (Å²) in [6, 6.07) is 8.28. The van der Waals surface area contributed by atoms with Gasteiger partial charge in [-0.2, -0.15) is 10.5 Å². The third kappa shape index (κ3) is 2.04. The Morgan fingerprint density at radius 2 is 2.15 bits per heavy atom. The number of aromatic nitrogens is 2. The van der Waals surface area contributed by atoms with Gasteiger partial charge in [-0.15, -0.1) is 0 Å². The maximum absolute atomic E-state index is 11.8. The number of nitrogen functional groups attached to an aromatic ring is 1. The van der Waals surface area contributed by atoms with Crippen LogP contribution in [0.15, 0.2) is 24.5 Å². The van der Waals surface area contributed by atoms with E-state index in [1.54, 1.807) is 12.1 Å². The van der Waals surface area contributed by atoms with E-state index in [9.17, 15) is 4.79 Å². The van der Waals surface area contributed by atoms with Gasteiger partial charge in [0.2, 0.25) is 0 Å². The van der Waals surface area contributed by atoms with Gasteiger partial charge in [0.15, 0.2) is 11.4 Å². The van der Waals surface area contributed by atoms with Crippen molar-refractivity contribution in [3.05, 3.63) is 41.5 Å². The van der Waals surface area contributed by atoms with Crippen LogP contribution < -0.4 is 5.73 Å². The summed E-state index contributed by atoms with van der Waals surface area (Å²) in [6.45, 7) is 0. The summed E-state index contributed by atoms with van der Waals surface area (Å²) in [6.07, 6.45) is 1.30. The largest absolute Gasteiger partial charge is 0.465 e. The number of rotatable bonds is 2. The number of nitrogens with zero attached hydrogens (tertiary/aromatic N) is 4. The number of anilines is 1.